The summed E-state index contributed by atoms with van der Waals surface area (Å²) < 4.78 is 23.9. The van der Waals surface area contributed by atoms with Gasteiger partial charge in [-0.3, -0.25) is 4.79 Å². The Kier molecular flexibility index (Phi) is 3.56. The minimum absolute atomic E-state index is 0.106. The molecule has 1 aromatic carbocycles. The van der Waals surface area contributed by atoms with Crippen molar-refractivity contribution in [2.45, 2.75) is 19.4 Å². The highest BCUT2D eigenvalue weighted by Crippen LogP contribution is 2.26. The summed E-state index contributed by atoms with van der Waals surface area (Å²) in [5.74, 6) is 0.282. The maximum Gasteiger partial charge on any atom is 0.255 e. The van der Waals surface area contributed by atoms with E-state index in [-0.39, 0.29) is 18.1 Å². The minimum atomic E-state index is -0.654. The molecular formula is C16H14FNO3. The first-order valence-electron chi connectivity index (χ1n) is 6.65. The summed E-state index contributed by atoms with van der Waals surface area (Å²) in [6, 6.07) is 8.56. The average molecular weight is 287 g/mol. The number of carbonyl (C=O) groups excluding carboxylic acids is 1. The summed E-state index contributed by atoms with van der Waals surface area (Å²) in [6.07, 6.45) is 1.31. The van der Waals surface area contributed by atoms with Crippen LogP contribution in [0.5, 0.6) is 11.5 Å². The number of rotatable bonds is 4. The van der Waals surface area contributed by atoms with E-state index in [0.717, 1.165) is 17.5 Å². The number of ketones is 1. The Morgan fingerprint density at radius 1 is 1.24 bits per heavy atom. The van der Waals surface area contributed by atoms with Crippen LogP contribution in [0.1, 0.15) is 28.0 Å². The number of halogens is 1. The molecule has 0 saturated heterocycles. The van der Waals surface area contributed by atoms with Crippen LogP contribution in [0.4, 0.5) is 4.39 Å². The van der Waals surface area contributed by atoms with Crippen LogP contribution >= 0.6 is 0 Å². The number of carbonyl (C=O) groups is 1. The number of aryl methyl sites for hydroxylation is 1. The van der Waals surface area contributed by atoms with Gasteiger partial charge in [-0.1, -0.05) is 0 Å². The first kappa shape index (κ1) is 13.5. The maximum atomic E-state index is 13.5. The van der Waals surface area contributed by atoms with E-state index in [0.29, 0.717) is 17.9 Å². The monoisotopic (exact) mass is 287 g/mol. The number of hydrogen-bond donors (Lipinski definition) is 0. The van der Waals surface area contributed by atoms with Gasteiger partial charge < -0.3 is 9.47 Å². The van der Waals surface area contributed by atoms with Gasteiger partial charge in [0.1, 0.15) is 12.4 Å². The summed E-state index contributed by atoms with van der Waals surface area (Å²) in [7, 11) is 1.39. The second-order valence-electron chi connectivity index (χ2n) is 4.83. The Labute approximate surface area is 121 Å². The number of nitrogens with zero attached hydrogens (tertiary/aromatic N) is 1. The first-order valence-corrected chi connectivity index (χ1v) is 6.65. The van der Waals surface area contributed by atoms with Crippen molar-refractivity contribution in [1.82, 2.24) is 4.98 Å². The van der Waals surface area contributed by atoms with Crippen molar-refractivity contribution in [3.05, 3.63) is 53.1 Å². The SMILES string of the molecule is COc1ccc(COc2ccc3c(c2)CCC3=O)nc1F. The van der Waals surface area contributed by atoms with E-state index in [1.807, 2.05) is 6.07 Å². The van der Waals surface area contributed by atoms with E-state index < -0.39 is 5.95 Å². The largest absolute Gasteiger partial charge is 0.492 e. The molecule has 2 aromatic rings. The average Bonchev–Trinajstić information content (AvgIpc) is 2.86. The highest BCUT2D eigenvalue weighted by Gasteiger charge is 2.19. The van der Waals surface area contributed by atoms with Crippen molar-refractivity contribution in [3.8, 4) is 11.5 Å². The molecule has 3 rings (SSSR count). The molecule has 1 aromatic heterocycles. The fourth-order valence-electron chi connectivity index (χ4n) is 2.37. The molecule has 0 atom stereocenters. The van der Waals surface area contributed by atoms with Gasteiger partial charge in [-0.15, -0.1) is 0 Å². The standard InChI is InChI=1S/C16H14FNO3/c1-20-15-7-3-11(18-16(15)17)9-21-12-4-5-13-10(8-12)2-6-14(13)19/h3-5,7-8H,2,6,9H2,1H3. The van der Waals surface area contributed by atoms with E-state index in [2.05, 4.69) is 4.98 Å². The van der Waals surface area contributed by atoms with E-state index >= 15 is 0 Å². The number of Topliss-reactive ketones (excluding diaryl/α,β-unsaturated/α-hetero) is 1. The molecule has 108 valence electrons. The van der Waals surface area contributed by atoms with Crippen LogP contribution in [0, 0.1) is 5.95 Å². The van der Waals surface area contributed by atoms with Gasteiger partial charge in [0, 0.05) is 12.0 Å². The molecular weight excluding hydrogens is 273 g/mol. The Bertz CT molecular complexity index is 700. The third-order valence-corrected chi connectivity index (χ3v) is 3.48. The van der Waals surface area contributed by atoms with Crippen molar-refractivity contribution in [1.29, 1.82) is 0 Å². The summed E-state index contributed by atoms with van der Waals surface area (Å²) in [5.41, 5.74) is 2.26. The quantitative estimate of drug-likeness (QED) is 0.811. The zero-order chi connectivity index (χ0) is 14.8. The number of aromatic nitrogens is 1. The van der Waals surface area contributed by atoms with E-state index in [9.17, 15) is 9.18 Å². The van der Waals surface area contributed by atoms with Crippen molar-refractivity contribution in [3.63, 3.8) is 0 Å². The Hall–Kier alpha value is -2.43. The minimum Gasteiger partial charge on any atom is -0.492 e. The lowest BCUT2D eigenvalue weighted by Gasteiger charge is -2.08. The predicted molar refractivity (Wildman–Crippen MR) is 74.2 cm³/mol. The maximum absolute atomic E-state index is 13.5. The summed E-state index contributed by atoms with van der Waals surface area (Å²) in [5, 5.41) is 0. The fraction of sp³-hybridized carbons (Fsp3) is 0.250. The number of pyridine rings is 1. The van der Waals surface area contributed by atoms with Crippen LogP contribution in [0.15, 0.2) is 30.3 Å². The third kappa shape index (κ3) is 2.72. The highest BCUT2D eigenvalue weighted by molar-refractivity contribution is 6.00. The lowest BCUT2D eigenvalue weighted by Crippen LogP contribution is -2.02. The Morgan fingerprint density at radius 3 is 2.86 bits per heavy atom. The van der Waals surface area contributed by atoms with Crippen LogP contribution < -0.4 is 9.47 Å². The highest BCUT2D eigenvalue weighted by atomic mass is 19.1. The van der Waals surface area contributed by atoms with Crippen LogP contribution in [0.25, 0.3) is 0 Å². The second-order valence-corrected chi connectivity index (χ2v) is 4.83. The summed E-state index contributed by atoms with van der Waals surface area (Å²) in [4.78, 5) is 15.3. The molecule has 0 radical (unpaired) electrons. The van der Waals surface area contributed by atoms with Crippen molar-refractivity contribution in [2.75, 3.05) is 7.11 Å². The predicted octanol–water partition coefficient (Wildman–Crippen LogP) is 2.94. The molecule has 0 bridgehead atoms. The number of hydrogen-bond acceptors (Lipinski definition) is 4. The smallest absolute Gasteiger partial charge is 0.255 e. The van der Waals surface area contributed by atoms with Gasteiger partial charge in [-0.05, 0) is 42.3 Å². The molecule has 0 saturated carbocycles. The Balaban J connectivity index is 1.71. The van der Waals surface area contributed by atoms with Crippen molar-refractivity contribution >= 4 is 5.78 Å². The lowest BCUT2D eigenvalue weighted by atomic mass is 10.1. The molecule has 1 aliphatic rings. The van der Waals surface area contributed by atoms with Gasteiger partial charge in [0.05, 0.1) is 12.8 Å². The third-order valence-electron chi connectivity index (χ3n) is 3.48. The molecule has 0 amide bonds. The molecule has 1 heterocycles. The van der Waals surface area contributed by atoms with Crippen LogP contribution in [0.3, 0.4) is 0 Å². The van der Waals surface area contributed by atoms with Gasteiger partial charge in [0.25, 0.3) is 5.95 Å². The second kappa shape index (κ2) is 5.52. The zero-order valence-corrected chi connectivity index (χ0v) is 11.6. The number of ether oxygens (including phenoxy) is 2. The van der Waals surface area contributed by atoms with Gasteiger partial charge in [0.2, 0.25) is 0 Å². The molecule has 1 aliphatic carbocycles. The van der Waals surface area contributed by atoms with Crippen molar-refractivity contribution < 1.29 is 18.7 Å². The lowest BCUT2D eigenvalue weighted by molar-refractivity contribution is 0.0994. The Morgan fingerprint density at radius 2 is 2.10 bits per heavy atom. The molecule has 21 heavy (non-hydrogen) atoms. The molecule has 0 unspecified atom stereocenters. The van der Waals surface area contributed by atoms with Gasteiger partial charge in [-0.25, -0.2) is 4.98 Å². The van der Waals surface area contributed by atoms with Crippen LogP contribution in [0.2, 0.25) is 0 Å². The molecule has 4 nitrogen and oxygen atoms in total. The fourth-order valence-corrected chi connectivity index (χ4v) is 2.37. The van der Waals surface area contributed by atoms with E-state index in [1.165, 1.54) is 13.2 Å². The van der Waals surface area contributed by atoms with Crippen LogP contribution in [-0.4, -0.2) is 17.9 Å². The van der Waals surface area contributed by atoms with Crippen molar-refractivity contribution in [2.24, 2.45) is 0 Å². The topological polar surface area (TPSA) is 48.4 Å². The molecule has 0 N–H and O–H groups in total. The normalized spacial score (nSPS) is 13.1. The number of methoxy groups -OCH3 is 1. The van der Waals surface area contributed by atoms with Gasteiger partial charge in [-0.2, -0.15) is 4.39 Å². The van der Waals surface area contributed by atoms with Gasteiger partial charge >= 0.3 is 0 Å². The first-order chi connectivity index (χ1) is 10.2. The number of benzene rings is 1. The molecule has 0 fully saturated rings. The van der Waals surface area contributed by atoms with E-state index in [4.69, 9.17) is 9.47 Å². The van der Waals surface area contributed by atoms with E-state index in [1.54, 1.807) is 18.2 Å². The summed E-state index contributed by atoms with van der Waals surface area (Å²) >= 11 is 0. The van der Waals surface area contributed by atoms with Gasteiger partial charge in [0.15, 0.2) is 11.5 Å². The molecule has 5 heteroatoms. The summed E-state index contributed by atoms with van der Waals surface area (Å²) in [6.45, 7) is 0.160. The molecule has 0 spiro atoms. The number of fused-ring (bicyclic) bond motifs is 1. The molecule has 0 aliphatic heterocycles. The zero-order valence-electron chi connectivity index (χ0n) is 11.6. The van der Waals surface area contributed by atoms with Crippen LogP contribution in [-0.2, 0) is 13.0 Å².